The molecule has 3 heterocycles. The molecule has 7 heteroatoms. The van der Waals surface area contributed by atoms with Crippen LogP contribution in [0.3, 0.4) is 0 Å². The SMILES string of the molecule is Cl.Cl.O=c1ccc(CC2CCN(CC(O)C3CCNCC3)CC2)c[nH]1. The average Bonchev–Trinajstić information content (AvgIpc) is 2.59. The summed E-state index contributed by atoms with van der Waals surface area (Å²) >= 11 is 0. The van der Waals surface area contributed by atoms with Crippen molar-refractivity contribution in [2.45, 2.75) is 38.2 Å². The van der Waals surface area contributed by atoms with Gasteiger partial charge in [-0.2, -0.15) is 0 Å². The maximum atomic E-state index is 11.1. The fourth-order valence-electron chi connectivity index (χ4n) is 3.92. The Bertz CT molecular complexity index is 521. The number of H-pyrrole nitrogens is 1. The highest BCUT2D eigenvalue weighted by molar-refractivity contribution is 5.85. The fraction of sp³-hybridized carbons (Fsp3) is 0.722. The summed E-state index contributed by atoms with van der Waals surface area (Å²) in [5, 5.41) is 13.8. The minimum atomic E-state index is -0.173. The van der Waals surface area contributed by atoms with E-state index in [4.69, 9.17) is 0 Å². The number of aliphatic hydroxyl groups is 1. The Balaban J connectivity index is 0.00000156. The van der Waals surface area contributed by atoms with Crippen LogP contribution < -0.4 is 10.9 Å². The molecule has 0 saturated carbocycles. The van der Waals surface area contributed by atoms with Gasteiger partial charge >= 0.3 is 0 Å². The fourth-order valence-corrected chi connectivity index (χ4v) is 3.92. The van der Waals surface area contributed by atoms with Gasteiger partial charge in [0.1, 0.15) is 0 Å². The molecule has 0 spiro atoms. The number of piperidine rings is 2. The molecule has 144 valence electrons. The van der Waals surface area contributed by atoms with Gasteiger partial charge in [-0.15, -0.1) is 24.8 Å². The van der Waals surface area contributed by atoms with E-state index in [2.05, 4.69) is 15.2 Å². The molecule has 25 heavy (non-hydrogen) atoms. The molecule has 2 aliphatic rings. The van der Waals surface area contributed by atoms with Gasteiger partial charge in [0.05, 0.1) is 6.10 Å². The molecule has 3 N–H and O–H groups in total. The second-order valence-electron chi connectivity index (χ2n) is 7.16. The molecule has 0 amide bonds. The first-order valence-electron chi connectivity index (χ1n) is 8.99. The molecule has 2 aliphatic heterocycles. The van der Waals surface area contributed by atoms with Crippen molar-refractivity contribution in [1.82, 2.24) is 15.2 Å². The summed E-state index contributed by atoms with van der Waals surface area (Å²) < 4.78 is 0. The van der Waals surface area contributed by atoms with E-state index in [0.29, 0.717) is 11.8 Å². The van der Waals surface area contributed by atoms with Crippen molar-refractivity contribution >= 4 is 24.8 Å². The molecular weight excluding hydrogens is 361 g/mol. The Kier molecular flexibility index (Phi) is 10.1. The van der Waals surface area contributed by atoms with E-state index < -0.39 is 0 Å². The molecule has 0 aliphatic carbocycles. The van der Waals surface area contributed by atoms with Gasteiger partial charge in [0.15, 0.2) is 0 Å². The number of nitrogens with zero attached hydrogens (tertiary/aromatic N) is 1. The van der Waals surface area contributed by atoms with Crippen LogP contribution in [0, 0.1) is 11.8 Å². The number of hydrogen-bond donors (Lipinski definition) is 3. The summed E-state index contributed by atoms with van der Waals surface area (Å²) in [4.78, 5) is 16.3. The topological polar surface area (TPSA) is 68.4 Å². The highest BCUT2D eigenvalue weighted by Gasteiger charge is 2.26. The number of rotatable bonds is 5. The molecule has 3 rings (SSSR count). The van der Waals surface area contributed by atoms with Crippen LogP contribution in [0.4, 0.5) is 0 Å². The summed E-state index contributed by atoms with van der Waals surface area (Å²) in [7, 11) is 0. The van der Waals surface area contributed by atoms with E-state index >= 15 is 0 Å². The third-order valence-electron chi connectivity index (χ3n) is 5.45. The molecule has 2 saturated heterocycles. The van der Waals surface area contributed by atoms with Gasteiger partial charge in [0, 0.05) is 18.8 Å². The molecule has 1 aromatic heterocycles. The van der Waals surface area contributed by atoms with Crippen LogP contribution in [0.25, 0.3) is 0 Å². The predicted octanol–water partition coefficient (Wildman–Crippen LogP) is 1.83. The van der Waals surface area contributed by atoms with Crippen molar-refractivity contribution in [2.75, 3.05) is 32.7 Å². The normalized spacial score (nSPS) is 21.2. The lowest BCUT2D eigenvalue weighted by Crippen LogP contribution is -2.43. The van der Waals surface area contributed by atoms with Gasteiger partial charge in [-0.05, 0) is 75.7 Å². The number of β-amino-alcohol motifs (C(OH)–C–C–N with tert-alkyl or cyclic N) is 1. The molecular formula is C18H31Cl2N3O2. The van der Waals surface area contributed by atoms with Crippen LogP contribution in [0.2, 0.25) is 0 Å². The molecule has 1 unspecified atom stereocenters. The van der Waals surface area contributed by atoms with E-state index in [-0.39, 0.29) is 36.5 Å². The first-order valence-corrected chi connectivity index (χ1v) is 8.99. The lowest BCUT2D eigenvalue weighted by molar-refractivity contribution is 0.0389. The maximum Gasteiger partial charge on any atom is 0.247 e. The summed E-state index contributed by atoms with van der Waals surface area (Å²) in [6.07, 6.45) is 7.27. The van der Waals surface area contributed by atoms with Crippen molar-refractivity contribution in [3.8, 4) is 0 Å². The van der Waals surface area contributed by atoms with Gasteiger partial charge in [0.25, 0.3) is 0 Å². The van der Waals surface area contributed by atoms with E-state index in [1.54, 1.807) is 6.07 Å². The number of pyridine rings is 1. The Morgan fingerprint density at radius 2 is 1.80 bits per heavy atom. The van der Waals surface area contributed by atoms with Crippen LogP contribution in [0.15, 0.2) is 23.1 Å². The first kappa shape index (κ1) is 22.5. The largest absolute Gasteiger partial charge is 0.392 e. The van der Waals surface area contributed by atoms with Crippen LogP contribution in [-0.4, -0.2) is 53.8 Å². The Labute approximate surface area is 162 Å². The highest BCUT2D eigenvalue weighted by atomic mass is 35.5. The molecule has 0 radical (unpaired) electrons. The predicted molar refractivity (Wildman–Crippen MR) is 106 cm³/mol. The maximum absolute atomic E-state index is 11.1. The van der Waals surface area contributed by atoms with Crippen molar-refractivity contribution < 1.29 is 5.11 Å². The Hall–Kier alpha value is -0.590. The standard InChI is InChI=1S/C18H29N3O2.2ClH/c22-17(16-3-7-19-8-4-16)13-21-9-5-14(6-10-21)11-15-1-2-18(23)20-12-15;;/h1-2,12,14,16-17,19,22H,3-11,13H2,(H,20,23);2*1H. The monoisotopic (exact) mass is 391 g/mol. The first-order chi connectivity index (χ1) is 11.2. The van der Waals surface area contributed by atoms with Gasteiger partial charge in [0.2, 0.25) is 5.56 Å². The van der Waals surface area contributed by atoms with E-state index in [0.717, 1.165) is 52.0 Å². The third-order valence-corrected chi connectivity index (χ3v) is 5.45. The number of aromatic nitrogens is 1. The number of halogens is 2. The number of hydrogen-bond acceptors (Lipinski definition) is 4. The molecule has 0 aromatic carbocycles. The zero-order valence-corrected chi connectivity index (χ0v) is 16.3. The quantitative estimate of drug-likeness (QED) is 0.715. The van der Waals surface area contributed by atoms with Gasteiger partial charge in [-0.1, -0.05) is 6.07 Å². The lowest BCUT2D eigenvalue weighted by atomic mass is 9.89. The summed E-state index contributed by atoms with van der Waals surface area (Å²) in [6, 6.07) is 3.55. The zero-order valence-electron chi connectivity index (χ0n) is 14.7. The van der Waals surface area contributed by atoms with Gasteiger partial charge in [-0.25, -0.2) is 0 Å². The average molecular weight is 392 g/mol. The van der Waals surface area contributed by atoms with Crippen LogP contribution >= 0.6 is 24.8 Å². The number of nitrogens with one attached hydrogen (secondary N) is 2. The van der Waals surface area contributed by atoms with E-state index in [9.17, 15) is 9.90 Å². The number of likely N-dealkylation sites (tertiary alicyclic amines) is 1. The molecule has 5 nitrogen and oxygen atoms in total. The number of aliphatic hydroxyl groups excluding tert-OH is 1. The summed E-state index contributed by atoms with van der Waals surface area (Å²) in [6.45, 7) is 5.08. The zero-order chi connectivity index (χ0) is 16.1. The van der Waals surface area contributed by atoms with Gasteiger partial charge < -0.3 is 20.3 Å². The van der Waals surface area contributed by atoms with Gasteiger partial charge in [-0.3, -0.25) is 4.79 Å². The minimum absolute atomic E-state index is 0. The van der Waals surface area contributed by atoms with E-state index in [1.807, 2.05) is 12.3 Å². The Morgan fingerprint density at radius 1 is 1.12 bits per heavy atom. The van der Waals surface area contributed by atoms with Crippen LogP contribution in [0.5, 0.6) is 0 Å². The molecule has 1 aromatic rings. The summed E-state index contributed by atoms with van der Waals surface area (Å²) in [5.41, 5.74) is 1.19. The van der Waals surface area contributed by atoms with Crippen molar-refractivity contribution in [3.63, 3.8) is 0 Å². The summed E-state index contributed by atoms with van der Waals surface area (Å²) in [5.74, 6) is 1.16. The smallest absolute Gasteiger partial charge is 0.247 e. The Morgan fingerprint density at radius 3 is 2.40 bits per heavy atom. The van der Waals surface area contributed by atoms with Crippen LogP contribution in [-0.2, 0) is 6.42 Å². The lowest BCUT2D eigenvalue weighted by Gasteiger charge is -2.36. The minimum Gasteiger partial charge on any atom is -0.392 e. The van der Waals surface area contributed by atoms with E-state index in [1.165, 1.54) is 18.4 Å². The van der Waals surface area contributed by atoms with Crippen molar-refractivity contribution in [2.24, 2.45) is 11.8 Å². The highest BCUT2D eigenvalue weighted by Crippen LogP contribution is 2.23. The molecule has 0 bridgehead atoms. The second kappa shape index (κ2) is 11.2. The van der Waals surface area contributed by atoms with Crippen molar-refractivity contribution in [3.05, 3.63) is 34.2 Å². The number of aromatic amines is 1. The molecule has 1 atom stereocenters. The van der Waals surface area contributed by atoms with Crippen LogP contribution in [0.1, 0.15) is 31.2 Å². The second-order valence-corrected chi connectivity index (χ2v) is 7.16. The third kappa shape index (κ3) is 6.91. The van der Waals surface area contributed by atoms with Crippen molar-refractivity contribution in [1.29, 1.82) is 0 Å². The molecule has 2 fully saturated rings.